The largest absolute Gasteiger partial charge is 0.326 e. The van der Waals surface area contributed by atoms with Gasteiger partial charge in [-0.2, -0.15) is 4.68 Å². The Hall–Kier alpha value is -2.38. The third-order valence-corrected chi connectivity index (χ3v) is 5.38. The molecule has 0 bridgehead atoms. The molecule has 3 aromatic rings. The van der Waals surface area contributed by atoms with Crippen molar-refractivity contribution in [3.63, 3.8) is 0 Å². The van der Waals surface area contributed by atoms with E-state index in [-0.39, 0.29) is 17.7 Å². The molecule has 8 heteroatoms. The van der Waals surface area contributed by atoms with Crippen LogP contribution in [-0.4, -0.2) is 32.4 Å². The molecule has 4 rings (SSSR count). The first-order valence-corrected chi connectivity index (χ1v) is 9.75. The molecule has 1 aromatic heterocycles. The van der Waals surface area contributed by atoms with E-state index in [1.165, 1.54) is 11.8 Å². The first kappa shape index (κ1) is 17.1. The van der Waals surface area contributed by atoms with Crippen molar-refractivity contribution >= 4 is 35.0 Å². The minimum atomic E-state index is -0.0478. The van der Waals surface area contributed by atoms with E-state index in [1.54, 1.807) is 4.68 Å². The van der Waals surface area contributed by atoms with Crippen LogP contribution in [0.4, 0.5) is 5.69 Å². The molecule has 132 valence electrons. The molecule has 0 saturated heterocycles. The maximum absolute atomic E-state index is 12.6. The number of amides is 1. The normalized spacial score (nSPS) is 18.5. The number of anilines is 1. The van der Waals surface area contributed by atoms with Crippen LogP contribution in [0.15, 0.2) is 53.7 Å². The minimum absolute atomic E-state index is 0.00822. The van der Waals surface area contributed by atoms with Gasteiger partial charge in [-0.1, -0.05) is 47.6 Å². The van der Waals surface area contributed by atoms with Crippen LogP contribution in [0.3, 0.4) is 0 Å². The Morgan fingerprint density at radius 2 is 2.12 bits per heavy atom. The molecule has 2 unspecified atom stereocenters. The number of hydrogen-bond acceptors (Lipinski definition) is 5. The molecular formula is C18H16ClN5OS. The zero-order valence-electron chi connectivity index (χ0n) is 14.0. The summed E-state index contributed by atoms with van der Waals surface area (Å²) in [4.78, 5) is 12.6. The number of carbonyl (C=O) groups excluding carboxylic acids is 1. The van der Waals surface area contributed by atoms with E-state index in [0.29, 0.717) is 5.16 Å². The highest BCUT2D eigenvalue weighted by atomic mass is 35.5. The molecule has 2 aromatic carbocycles. The molecule has 1 aliphatic carbocycles. The topological polar surface area (TPSA) is 72.7 Å². The fourth-order valence-electron chi connectivity index (χ4n) is 3.02. The Kier molecular flexibility index (Phi) is 4.65. The Morgan fingerprint density at radius 3 is 2.92 bits per heavy atom. The summed E-state index contributed by atoms with van der Waals surface area (Å²) in [5, 5.41) is 16.0. The van der Waals surface area contributed by atoms with Crippen LogP contribution in [-0.2, 0) is 4.79 Å². The van der Waals surface area contributed by atoms with Gasteiger partial charge in [0.1, 0.15) is 0 Å². The second-order valence-corrected chi connectivity index (χ2v) is 7.27. The third kappa shape index (κ3) is 3.32. The van der Waals surface area contributed by atoms with Gasteiger partial charge in [0.05, 0.1) is 5.69 Å². The zero-order valence-corrected chi connectivity index (χ0v) is 15.5. The van der Waals surface area contributed by atoms with Gasteiger partial charge in [0.25, 0.3) is 0 Å². The van der Waals surface area contributed by atoms with E-state index in [4.69, 9.17) is 11.6 Å². The molecule has 1 N–H and O–H groups in total. The molecule has 0 aliphatic heterocycles. The van der Waals surface area contributed by atoms with Gasteiger partial charge in [0.2, 0.25) is 11.1 Å². The van der Waals surface area contributed by atoms with Gasteiger partial charge >= 0.3 is 0 Å². The number of nitrogens with zero attached hydrogens (tertiary/aromatic N) is 4. The van der Waals surface area contributed by atoms with Crippen molar-refractivity contribution in [2.45, 2.75) is 17.5 Å². The second kappa shape index (κ2) is 7.09. The molecular weight excluding hydrogens is 370 g/mol. The highest BCUT2D eigenvalue weighted by molar-refractivity contribution is 7.98. The van der Waals surface area contributed by atoms with Crippen LogP contribution in [0.1, 0.15) is 17.9 Å². The number of nitrogens with one attached hydrogen (secondary N) is 1. The van der Waals surface area contributed by atoms with Gasteiger partial charge in [-0.3, -0.25) is 4.79 Å². The summed E-state index contributed by atoms with van der Waals surface area (Å²) in [7, 11) is 0. The van der Waals surface area contributed by atoms with Crippen LogP contribution in [0.2, 0.25) is 5.02 Å². The quantitative estimate of drug-likeness (QED) is 0.676. The molecule has 1 heterocycles. The van der Waals surface area contributed by atoms with Crippen molar-refractivity contribution in [3.8, 4) is 5.69 Å². The minimum Gasteiger partial charge on any atom is -0.326 e. The predicted octanol–water partition coefficient (Wildman–Crippen LogP) is 3.78. The summed E-state index contributed by atoms with van der Waals surface area (Å²) in [6.07, 6.45) is 2.73. The van der Waals surface area contributed by atoms with Crippen LogP contribution >= 0.6 is 23.4 Å². The lowest BCUT2D eigenvalue weighted by atomic mass is 10.1. The highest BCUT2D eigenvalue weighted by Crippen LogP contribution is 2.50. The Bertz CT molecular complexity index is 960. The lowest BCUT2D eigenvalue weighted by Gasteiger charge is -2.08. The van der Waals surface area contributed by atoms with Gasteiger partial charge in [0.15, 0.2) is 0 Å². The van der Waals surface area contributed by atoms with Crippen molar-refractivity contribution in [1.82, 2.24) is 20.2 Å². The van der Waals surface area contributed by atoms with E-state index in [1.807, 2.05) is 54.8 Å². The predicted molar refractivity (Wildman–Crippen MR) is 102 cm³/mol. The van der Waals surface area contributed by atoms with Gasteiger partial charge in [-0.15, -0.1) is 5.10 Å². The number of aromatic nitrogens is 4. The van der Waals surface area contributed by atoms with Gasteiger partial charge in [0, 0.05) is 16.6 Å². The average Bonchev–Trinajstić information content (AvgIpc) is 3.30. The first-order chi connectivity index (χ1) is 12.7. The molecule has 1 amide bonds. The van der Waals surface area contributed by atoms with E-state index in [9.17, 15) is 4.79 Å². The third-order valence-electron chi connectivity index (χ3n) is 4.41. The van der Waals surface area contributed by atoms with Gasteiger partial charge in [-0.25, -0.2) is 0 Å². The molecule has 2 atom stereocenters. The second-order valence-electron chi connectivity index (χ2n) is 6.09. The van der Waals surface area contributed by atoms with Crippen molar-refractivity contribution in [2.75, 3.05) is 11.6 Å². The number of halogens is 1. The SMILES string of the molecule is CSc1nnnn1-c1cccc(NC(=O)C2CC2c2ccccc2Cl)c1. The highest BCUT2D eigenvalue weighted by Gasteiger charge is 2.44. The number of carbonyl (C=O) groups is 1. The average molecular weight is 386 g/mol. The Morgan fingerprint density at radius 1 is 1.27 bits per heavy atom. The molecule has 0 radical (unpaired) electrons. The number of tetrazole rings is 1. The lowest BCUT2D eigenvalue weighted by molar-refractivity contribution is -0.117. The van der Waals surface area contributed by atoms with E-state index >= 15 is 0 Å². The van der Waals surface area contributed by atoms with Crippen LogP contribution < -0.4 is 5.32 Å². The van der Waals surface area contributed by atoms with Crippen LogP contribution in [0.5, 0.6) is 0 Å². The molecule has 1 saturated carbocycles. The Balaban J connectivity index is 1.48. The summed E-state index contributed by atoms with van der Waals surface area (Å²) < 4.78 is 1.64. The number of hydrogen-bond donors (Lipinski definition) is 1. The van der Waals surface area contributed by atoms with E-state index in [2.05, 4.69) is 20.8 Å². The number of rotatable bonds is 5. The van der Waals surface area contributed by atoms with E-state index < -0.39 is 0 Å². The van der Waals surface area contributed by atoms with E-state index in [0.717, 1.165) is 28.4 Å². The maximum Gasteiger partial charge on any atom is 0.228 e. The summed E-state index contributed by atoms with van der Waals surface area (Å²) in [5.41, 5.74) is 2.57. The molecule has 26 heavy (non-hydrogen) atoms. The summed E-state index contributed by atoms with van der Waals surface area (Å²) in [6.45, 7) is 0. The smallest absolute Gasteiger partial charge is 0.228 e. The summed E-state index contributed by atoms with van der Waals surface area (Å²) >= 11 is 7.70. The van der Waals surface area contributed by atoms with Gasteiger partial charge < -0.3 is 5.32 Å². The van der Waals surface area contributed by atoms with Crippen molar-refractivity contribution in [1.29, 1.82) is 0 Å². The zero-order chi connectivity index (χ0) is 18.1. The Labute approximate surface area is 159 Å². The van der Waals surface area contributed by atoms with Crippen LogP contribution in [0.25, 0.3) is 5.69 Å². The fraction of sp³-hybridized carbons (Fsp3) is 0.222. The summed E-state index contributed by atoms with van der Waals surface area (Å²) in [6, 6.07) is 15.2. The standard InChI is InChI=1S/C18H16ClN5OS/c1-26-18-21-22-23-24(18)12-6-4-5-11(9-12)20-17(25)15-10-14(15)13-7-2-3-8-16(13)19/h2-9,14-15H,10H2,1H3,(H,20,25). The van der Waals surface area contributed by atoms with Crippen LogP contribution in [0, 0.1) is 5.92 Å². The molecule has 6 nitrogen and oxygen atoms in total. The number of benzene rings is 2. The monoisotopic (exact) mass is 385 g/mol. The molecule has 1 aliphatic rings. The van der Waals surface area contributed by atoms with Gasteiger partial charge in [-0.05, 0) is 58.9 Å². The molecule has 1 fully saturated rings. The molecule has 0 spiro atoms. The first-order valence-electron chi connectivity index (χ1n) is 8.15. The number of thioether (sulfide) groups is 1. The van der Waals surface area contributed by atoms with Crippen molar-refractivity contribution in [3.05, 3.63) is 59.1 Å². The lowest BCUT2D eigenvalue weighted by Crippen LogP contribution is -2.15. The fourth-order valence-corrected chi connectivity index (χ4v) is 3.73. The van der Waals surface area contributed by atoms with Crippen molar-refractivity contribution < 1.29 is 4.79 Å². The summed E-state index contributed by atoms with van der Waals surface area (Å²) in [5.74, 6) is 0.150. The maximum atomic E-state index is 12.6. The van der Waals surface area contributed by atoms with Crippen molar-refractivity contribution in [2.24, 2.45) is 5.92 Å².